The topological polar surface area (TPSA) is 12.0 Å². The predicted octanol–water partition coefficient (Wildman–Crippen LogP) is 4.47. The van der Waals surface area contributed by atoms with E-state index >= 15 is 0 Å². The van der Waals surface area contributed by atoms with Gasteiger partial charge in [0.2, 0.25) is 0 Å². The highest BCUT2D eigenvalue weighted by molar-refractivity contribution is 7.99. The van der Waals surface area contributed by atoms with Crippen LogP contribution in [0.5, 0.6) is 0 Å². The second kappa shape index (κ2) is 7.68. The molecule has 0 bridgehead atoms. The van der Waals surface area contributed by atoms with Crippen molar-refractivity contribution in [3.8, 4) is 0 Å². The van der Waals surface area contributed by atoms with Crippen LogP contribution in [0.3, 0.4) is 0 Å². The Balaban J connectivity index is 2.21. The van der Waals surface area contributed by atoms with Gasteiger partial charge in [0, 0.05) is 17.0 Å². The Bertz CT molecular complexity index is 192. The zero-order valence-corrected chi connectivity index (χ0v) is 13.0. The van der Waals surface area contributed by atoms with E-state index in [9.17, 15) is 0 Å². The van der Waals surface area contributed by atoms with Crippen LogP contribution in [0, 0.1) is 5.41 Å². The third kappa shape index (κ3) is 7.35. The summed E-state index contributed by atoms with van der Waals surface area (Å²) in [5.74, 6) is 1.31. The maximum atomic E-state index is 3.66. The molecule has 0 aromatic rings. The zero-order valence-electron chi connectivity index (χ0n) is 12.2. The van der Waals surface area contributed by atoms with Gasteiger partial charge in [0.25, 0.3) is 0 Å². The van der Waals surface area contributed by atoms with E-state index in [2.05, 4.69) is 44.8 Å². The van der Waals surface area contributed by atoms with Gasteiger partial charge in [-0.25, -0.2) is 0 Å². The van der Waals surface area contributed by atoms with Gasteiger partial charge < -0.3 is 5.32 Å². The smallest absolute Gasteiger partial charge is 0.0158 e. The van der Waals surface area contributed by atoms with E-state index in [1.165, 1.54) is 44.3 Å². The van der Waals surface area contributed by atoms with Gasteiger partial charge in [-0.2, -0.15) is 11.8 Å². The van der Waals surface area contributed by atoms with Crippen molar-refractivity contribution in [1.29, 1.82) is 0 Å². The molecule has 1 aliphatic rings. The fraction of sp³-hybridized carbons (Fsp3) is 1.00. The first-order valence-electron chi connectivity index (χ1n) is 7.36. The highest BCUT2D eigenvalue weighted by Crippen LogP contribution is 2.30. The first-order valence-corrected chi connectivity index (χ1v) is 8.41. The molecule has 2 heteroatoms. The van der Waals surface area contributed by atoms with Crippen LogP contribution in [0.4, 0.5) is 0 Å². The lowest BCUT2D eigenvalue weighted by atomic mass is 9.89. The Morgan fingerprint density at radius 1 is 1.24 bits per heavy atom. The number of rotatable bonds is 7. The molecule has 1 unspecified atom stereocenters. The fourth-order valence-corrected chi connectivity index (χ4v) is 3.90. The molecule has 17 heavy (non-hydrogen) atoms. The maximum Gasteiger partial charge on any atom is 0.0158 e. The van der Waals surface area contributed by atoms with Crippen LogP contribution in [-0.4, -0.2) is 23.6 Å². The minimum atomic E-state index is 0.478. The molecule has 1 saturated carbocycles. The number of nitrogens with one attached hydrogen (secondary N) is 1. The first-order chi connectivity index (χ1) is 8.01. The minimum Gasteiger partial charge on any atom is -0.313 e. The highest BCUT2D eigenvalue weighted by atomic mass is 32.2. The summed E-state index contributed by atoms with van der Waals surface area (Å²) in [5.41, 5.74) is 0.478. The molecule has 1 fully saturated rings. The lowest BCUT2D eigenvalue weighted by Crippen LogP contribution is -2.32. The van der Waals surface area contributed by atoms with Crippen LogP contribution in [0.25, 0.3) is 0 Å². The molecule has 1 atom stereocenters. The number of thioether (sulfide) groups is 1. The zero-order chi connectivity index (χ0) is 12.7. The summed E-state index contributed by atoms with van der Waals surface area (Å²) < 4.78 is 0. The van der Waals surface area contributed by atoms with Crippen LogP contribution in [0.2, 0.25) is 0 Å². The Kier molecular flexibility index (Phi) is 6.94. The summed E-state index contributed by atoms with van der Waals surface area (Å²) in [4.78, 5) is 0. The first kappa shape index (κ1) is 15.4. The van der Waals surface area contributed by atoms with Crippen molar-refractivity contribution in [2.75, 3.05) is 12.3 Å². The van der Waals surface area contributed by atoms with Crippen molar-refractivity contribution in [1.82, 2.24) is 5.32 Å². The van der Waals surface area contributed by atoms with Gasteiger partial charge >= 0.3 is 0 Å². The van der Waals surface area contributed by atoms with Crippen LogP contribution < -0.4 is 5.32 Å². The summed E-state index contributed by atoms with van der Waals surface area (Å²) in [6, 6.07) is 0.727. The fourth-order valence-electron chi connectivity index (χ4n) is 2.45. The van der Waals surface area contributed by atoms with Crippen LogP contribution >= 0.6 is 11.8 Å². The highest BCUT2D eigenvalue weighted by Gasteiger charge is 2.19. The van der Waals surface area contributed by atoms with Crippen LogP contribution in [0.15, 0.2) is 0 Å². The molecule has 0 heterocycles. The lowest BCUT2D eigenvalue weighted by Gasteiger charge is -2.24. The van der Waals surface area contributed by atoms with Gasteiger partial charge in [-0.3, -0.25) is 0 Å². The van der Waals surface area contributed by atoms with Crippen molar-refractivity contribution in [2.45, 2.75) is 77.5 Å². The minimum absolute atomic E-state index is 0.478. The van der Waals surface area contributed by atoms with E-state index in [1.807, 2.05) is 0 Å². The summed E-state index contributed by atoms with van der Waals surface area (Å²) in [7, 11) is 0. The van der Waals surface area contributed by atoms with Gasteiger partial charge in [0.1, 0.15) is 0 Å². The van der Waals surface area contributed by atoms with Crippen LogP contribution in [-0.2, 0) is 0 Å². The van der Waals surface area contributed by atoms with E-state index in [0.29, 0.717) is 5.41 Å². The van der Waals surface area contributed by atoms with Gasteiger partial charge in [0.15, 0.2) is 0 Å². The molecule has 0 amide bonds. The van der Waals surface area contributed by atoms with Crippen molar-refractivity contribution >= 4 is 11.8 Å². The Morgan fingerprint density at radius 3 is 2.41 bits per heavy atom. The average molecular weight is 257 g/mol. The Morgan fingerprint density at radius 2 is 1.88 bits per heavy atom. The van der Waals surface area contributed by atoms with E-state index in [4.69, 9.17) is 0 Å². The summed E-state index contributed by atoms with van der Waals surface area (Å²) >= 11 is 2.22. The van der Waals surface area contributed by atoms with E-state index in [1.54, 1.807) is 0 Å². The SMILES string of the molecule is CCNC(CCC(C)(C)C)CSC1CCCC1. The number of hydrogen-bond acceptors (Lipinski definition) is 2. The van der Waals surface area contributed by atoms with E-state index in [0.717, 1.165) is 17.8 Å². The largest absolute Gasteiger partial charge is 0.313 e. The van der Waals surface area contributed by atoms with E-state index < -0.39 is 0 Å². The molecular weight excluding hydrogens is 226 g/mol. The summed E-state index contributed by atoms with van der Waals surface area (Å²) in [6.45, 7) is 10.4. The maximum absolute atomic E-state index is 3.66. The van der Waals surface area contributed by atoms with Crippen molar-refractivity contribution in [3.05, 3.63) is 0 Å². The monoisotopic (exact) mass is 257 g/mol. The van der Waals surface area contributed by atoms with Gasteiger partial charge in [-0.05, 0) is 37.6 Å². The van der Waals surface area contributed by atoms with Crippen molar-refractivity contribution in [3.63, 3.8) is 0 Å². The third-order valence-electron chi connectivity index (χ3n) is 3.57. The average Bonchev–Trinajstić information content (AvgIpc) is 2.74. The lowest BCUT2D eigenvalue weighted by molar-refractivity contribution is 0.340. The molecule has 0 aromatic carbocycles. The molecule has 0 spiro atoms. The number of hydrogen-bond donors (Lipinski definition) is 1. The second-order valence-electron chi connectivity index (χ2n) is 6.59. The molecule has 0 saturated heterocycles. The molecule has 0 aromatic heterocycles. The molecule has 0 radical (unpaired) electrons. The molecule has 1 nitrogen and oxygen atoms in total. The second-order valence-corrected chi connectivity index (χ2v) is 7.93. The third-order valence-corrected chi connectivity index (χ3v) is 5.11. The standard InChI is InChI=1S/C15H31NS/c1-5-16-13(10-11-15(2,3)4)12-17-14-8-6-7-9-14/h13-14,16H,5-12H2,1-4H3. The van der Waals surface area contributed by atoms with Crippen molar-refractivity contribution in [2.24, 2.45) is 5.41 Å². The van der Waals surface area contributed by atoms with Crippen molar-refractivity contribution < 1.29 is 0 Å². The molecule has 0 aliphatic heterocycles. The quantitative estimate of drug-likeness (QED) is 0.722. The van der Waals surface area contributed by atoms with Gasteiger partial charge in [0.05, 0.1) is 0 Å². The predicted molar refractivity (Wildman–Crippen MR) is 80.9 cm³/mol. The molecule has 1 aliphatic carbocycles. The summed E-state index contributed by atoms with van der Waals surface area (Å²) in [5, 5.41) is 4.62. The van der Waals surface area contributed by atoms with Crippen LogP contribution in [0.1, 0.15) is 66.2 Å². The molecule has 1 N–H and O–H groups in total. The summed E-state index contributed by atoms with van der Waals surface area (Å²) in [6.07, 6.45) is 8.51. The van der Waals surface area contributed by atoms with Gasteiger partial charge in [-0.15, -0.1) is 0 Å². The Labute approximate surface area is 113 Å². The molecule has 102 valence electrons. The van der Waals surface area contributed by atoms with Gasteiger partial charge in [-0.1, -0.05) is 40.5 Å². The molecular formula is C15H31NS. The van der Waals surface area contributed by atoms with E-state index in [-0.39, 0.29) is 0 Å². The Hall–Kier alpha value is 0.310. The normalized spacial score (nSPS) is 19.8. The molecule has 1 rings (SSSR count).